The van der Waals surface area contributed by atoms with Crippen molar-refractivity contribution in [2.24, 2.45) is 0 Å². The van der Waals surface area contributed by atoms with Gasteiger partial charge in [-0.1, -0.05) is 28.1 Å². The van der Waals surface area contributed by atoms with E-state index in [1.165, 1.54) is 7.11 Å². The van der Waals surface area contributed by atoms with Gasteiger partial charge in [0.05, 0.1) is 7.11 Å². The monoisotopic (exact) mass is 352 g/mol. The lowest BCUT2D eigenvalue weighted by Gasteiger charge is -2.07. The first kappa shape index (κ1) is 13.1. The molecule has 0 saturated heterocycles. The smallest absolute Gasteiger partial charge is 0.320 e. The molecule has 0 amide bonds. The van der Waals surface area contributed by atoms with E-state index in [9.17, 15) is 4.79 Å². The van der Waals surface area contributed by atoms with Gasteiger partial charge in [-0.05, 0) is 28.1 Å². The van der Waals surface area contributed by atoms with E-state index in [2.05, 4.69) is 36.6 Å². The van der Waals surface area contributed by atoms with Crippen LogP contribution in [0.3, 0.4) is 0 Å². The van der Waals surface area contributed by atoms with E-state index in [-0.39, 0.29) is 10.8 Å². The minimum absolute atomic E-state index is 0.241. The standard InChI is InChI=1S/C10H10Br2O2S/c1-14-10(13)8(12)6-15-9-5-3-2-4-7(9)11/h2-5,8H,6H2,1H3. The highest BCUT2D eigenvalue weighted by molar-refractivity contribution is 9.10. The van der Waals surface area contributed by atoms with Gasteiger partial charge in [-0.25, -0.2) is 0 Å². The van der Waals surface area contributed by atoms with Crippen LogP contribution in [0.5, 0.6) is 0 Å². The van der Waals surface area contributed by atoms with E-state index in [4.69, 9.17) is 0 Å². The van der Waals surface area contributed by atoms with Crippen molar-refractivity contribution in [1.82, 2.24) is 0 Å². The molecule has 0 aliphatic heterocycles. The fraction of sp³-hybridized carbons (Fsp3) is 0.300. The van der Waals surface area contributed by atoms with Gasteiger partial charge >= 0.3 is 5.97 Å². The van der Waals surface area contributed by atoms with Crippen molar-refractivity contribution in [3.63, 3.8) is 0 Å². The Morgan fingerprint density at radius 1 is 1.53 bits per heavy atom. The number of hydrogen-bond acceptors (Lipinski definition) is 3. The summed E-state index contributed by atoms with van der Waals surface area (Å²) in [6, 6.07) is 7.91. The van der Waals surface area contributed by atoms with Crippen LogP contribution in [0.15, 0.2) is 33.6 Å². The highest BCUT2D eigenvalue weighted by atomic mass is 79.9. The number of benzene rings is 1. The molecule has 0 spiro atoms. The molecular formula is C10H10Br2O2S. The summed E-state index contributed by atoms with van der Waals surface area (Å²) in [5.41, 5.74) is 0. The lowest BCUT2D eigenvalue weighted by Crippen LogP contribution is -2.17. The Labute approximate surface area is 110 Å². The van der Waals surface area contributed by atoms with Crippen molar-refractivity contribution >= 4 is 49.6 Å². The third-order valence-corrected chi connectivity index (χ3v) is 4.93. The minimum atomic E-state index is -0.264. The SMILES string of the molecule is COC(=O)C(Br)CSc1ccccc1Br. The summed E-state index contributed by atoms with van der Waals surface area (Å²) in [6.45, 7) is 0. The first-order chi connectivity index (χ1) is 7.15. The van der Waals surface area contributed by atoms with E-state index >= 15 is 0 Å². The molecule has 0 heterocycles. The molecule has 1 rings (SSSR count). The molecule has 2 nitrogen and oxygen atoms in total. The number of rotatable bonds is 4. The highest BCUT2D eigenvalue weighted by Crippen LogP contribution is 2.28. The second kappa shape index (κ2) is 6.55. The number of hydrogen-bond donors (Lipinski definition) is 0. The number of ether oxygens (including phenoxy) is 1. The molecule has 1 unspecified atom stereocenters. The van der Waals surface area contributed by atoms with E-state index in [0.29, 0.717) is 5.75 Å². The first-order valence-electron chi connectivity index (χ1n) is 4.24. The quantitative estimate of drug-likeness (QED) is 0.471. The third-order valence-electron chi connectivity index (χ3n) is 1.68. The lowest BCUT2D eigenvalue weighted by molar-refractivity contribution is -0.139. The third kappa shape index (κ3) is 4.17. The molecule has 0 N–H and O–H groups in total. The lowest BCUT2D eigenvalue weighted by atomic mass is 10.4. The Morgan fingerprint density at radius 3 is 2.80 bits per heavy atom. The van der Waals surface area contributed by atoms with Gasteiger partial charge in [-0.2, -0.15) is 0 Å². The van der Waals surface area contributed by atoms with Crippen LogP contribution < -0.4 is 0 Å². The zero-order valence-electron chi connectivity index (χ0n) is 8.07. The normalized spacial score (nSPS) is 12.2. The maximum Gasteiger partial charge on any atom is 0.320 e. The van der Waals surface area contributed by atoms with E-state index in [1.807, 2.05) is 24.3 Å². The molecule has 1 atom stereocenters. The summed E-state index contributed by atoms with van der Waals surface area (Å²) in [4.78, 5) is 12.0. The van der Waals surface area contributed by atoms with Crippen molar-refractivity contribution in [2.75, 3.05) is 12.9 Å². The number of esters is 1. The Hall–Kier alpha value is -0.000000000000000111. The largest absolute Gasteiger partial charge is 0.468 e. The van der Waals surface area contributed by atoms with Gasteiger partial charge in [0, 0.05) is 15.1 Å². The fourth-order valence-corrected chi connectivity index (χ4v) is 2.97. The summed E-state index contributed by atoms with van der Waals surface area (Å²) < 4.78 is 5.66. The molecule has 0 aliphatic carbocycles. The Balaban J connectivity index is 2.50. The predicted octanol–water partition coefficient (Wildman–Crippen LogP) is 3.48. The van der Waals surface area contributed by atoms with Crippen LogP contribution in [0.25, 0.3) is 0 Å². The topological polar surface area (TPSA) is 26.3 Å². The van der Waals surface area contributed by atoms with Crippen LogP contribution in [-0.2, 0) is 9.53 Å². The average molecular weight is 354 g/mol. The number of carbonyl (C=O) groups excluding carboxylic acids is 1. The summed E-state index contributed by atoms with van der Waals surface area (Å²) in [6.07, 6.45) is 0. The van der Waals surface area contributed by atoms with E-state index < -0.39 is 0 Å². The van der Waals surface area contributed by atoms with Crippen LogP contribution in [0.4, 0.5) is 0 Å². The average Bonchev–Trinajstić information content (AvgIpc) is 2.26. The van der Waals surface area contributed by atoms with Gasteiger partial charge in [0.1, 0.15) is 4.83 Å². The van der Waals surface area contributed by atoms with Crippen molar-refractivity contribution in [2.45, 2.75) is 9.72 Å². The first-order valence-corrected chi connectivity index (χ1v) is 6.94. The maximum atomic E-state index is 11.1. The van der Waals surface area contributed by atoms with Crippen LogP contribution in [0, 0.1) is 0 Å². The second-order valence-electron chi connectivity index (χ2n) is 2.73. The second-order valence-corrected chi connectivity index (χ2v) is 5.75. The van der Waals surface area contributed by atoms with E-state index in [1.54, 1.807) is 11.8 Å². The molecule has 82 valence electrons. The predicted molar refractivity (Wildman–Crippen MR) is 69.6 cm³/mol. The van der Waals surface area contributed by atoms with Crippen molar-refractivity contribution < 1.29 is 9.53 Å². The molecule has 0 aliphatic rings. The maximum absolute atomic E-state index is 11.1. The van der Waals surface area contributed by atoms with Crippen LogP contribution >= 0.6 is 43.6 Å². The number of alkyl halides is 1. The van der Waals surface area contributed by atoms with Crippen LogP contribution in [-0.4, -0.2) is 23.7 Å². The molecule has 5 heteroatoms. The zero-order chi connectivity index (χ0) is 11.3. The van der Waals surface area contributed by atoms with Gasteiger partial charge in [-0.15, -0.1) is 11.8 Å². The Morgan fingerprint density at radius 2 is 2.20 bits per heavy atom. The molecular weight excluding hydrogens is 344 g/mol. The number of halogens is 2. The highest BCUT2D eigenvalue weighted by Gasteiger charge is 2.15. The Kier molecular flexibility index (Phi) is 5.71. The molecule has 0 aromatic heterocycles. The van der Waals surface area contributed by atoms with E-state index in [0.717, 1.165) is 9.37 Å². The molecule has 1 aromatic rings. The summed E-state index contributed by atoms with van der Waals surface area (Å²) in [5.74, 6) is 0.407. The van der Waals surface area contributed by atoms with Gasteiger partial charge < -0.3 is 4.74 Å². The molecule has 0 radical (unpaired) electrons. The number of thioether (sulfide) groups is 1. The van der Waals surface area contributed by atoms with Gasteiger partial charge in [0.15, 0.2) is 0 Å². The summed E-state index contributed by atoms with van der Waals surface area (Å²) >= 11 is 8.33. The zero-order valence-corrected chi connectivity index (χ0v) is 12.1. The molecule has 0 bridgehead atoms. The molecule has 0 fully saturated rings. The molecule has 1 aromatic carbocycles. The van der Waals surface area contributed by atoms with Crippen LogP contribution in [0.2, 0.25) is 0 Å². The molecule has 0 saturated carbocycles. The summed E-state index contributed by atoms with van der Waals surface area (Å²) in [7, 11) is 1.39. The van der Waals surface area contributed by atoms with Crippen molar-refractivity contribution in [3.8, 4) is 0 Å². The Bertz CT molecular complexity index is 344. The number of carbonyl (C=O) groups is 1. The van der Waals surface area contributed by atoms with Crippen molar-refractivity contribution in [3.05, 3.63) is 28.7 Å². The van der Waals surface area contributed by atoms with Gasteiger partial charge in [0.2, 0.25) is 0 Å². The van der Waals surface area contributed by atoms with Gasteiger partial charge in [0.25, 0.3) is 0 Å². The van der Waals surface area contributed by atoms with Crippen molar-refractivity contribution in [1.29, 1.82) is 0 Å². The fourth-order valence-electron chi connectivity index (χ4n) is 0.921. The minimum Gasteiger partial charge on any atom is -0.468 e. The van der Waals surface area contributed by atoms with Crippen LogP contribution in [0.1, 0.15) is 0 Å². The van der Waals surface area contributed by atoms with Gasteiger partial charge in [-0.3, -0.25) is 4.79 Å². The summed E-state index contributed by atoms with van der Waals surface area (Å²) in [5, 5.41) is 0. The number of methoxy groups -OCH3 is 1. The molecule has 15 heavy (non-hydrogen) atoms.